The molecule has 0 spiro atoms. The van der Waals surface area contributed by atoms with E-state index in [1.54, 1.807) is 0 Å². The SMILES string of the molecule is CCOc1nc(NCc2ccccc2CC)ccc1N. The molecule has 0 atom stereocenters. The maximum absolute atomic E-state index is 5.81. The molecule has 1 aromatic carbocycles. The molecule has 0 bridgehead atoms. The molecule has 2 rings (SSSR count). The Morgan fingerprint density at radius 1 is 1.10 bits per heavy atom. The lowest BCUT2D eigenvalue weighted by Gasteiger charge is -2.11. The zero-order chi connectivity index (χ0) is 14.4. The van der Waals surface area contributed by atoms with Crippen molar-refractivity contribution in [3.63, 3.8) is 0 Å². The van der Waals surface area contributed by atoms with Gasteiger partial charge < -0.3 is 15.8 Å². The molecule has 20 heavy (non-hydrogen) atoms. The molecule has 0 radical (unpaired) electrons. The van der Waals surface area contributed by atoms with Gasteiger partial charge in [0.1, 0.15) is 5.82 Å². The highest BCUT2D eigenvalue weighted by atomic mass is 16.5. The standard InChI is InChI=1S/C16H21N3O/c1-3-12-7-5-6-8-13(12)11-18-15-10-9-14(17)16(19-15)20-4-2/h5-10H,3-4,11,17H2,1-2H3,(H,18,19). The van der Waals surface area contributed by atoms with Crippen molar-refractivity contribution in [2.24, 2.45) is 0 Å². The van der Waals surface area contributed by atoms with Crippen molar-refractivity contribution in [3.05, 3.63) is 47.5 Å². The lowest BCUT2D eigenvalue weighted by Crippen LogP contribution is -2.06. The fourth-order valence-electron chi connectivity index (χ4n) is 2.06. The van der Waals surface area contributed by atoms with Crippen LogP contribution in [0.4, 0.5) is 11.5 Å². The van der Waals surface area contributed by atoms with Crippen LogP contribution in [0.1, 0.15) is 25.0 Å². The second-order valence-corrected chi connectivity index (χ2v) is 4.50. The van der Waals surface area contributed by atoms with Crippen molar-refractivity contribution in [1.82, 2.24) is 4.98 Å². The molecule has 4 heteroatoms. The summed E-state index contributed by atoms with van der Waals surface area (Å²) in [5, 5.41) is 3.32. The smallest absolute Gasteiger partial charge is 0.239 e. The average Bonchev–Trinajstić information content (AvgIpc) is 2.48. The van der Waals surface area contributed by atoms with E-state index >= 15 is 0 Å². The van der Waals surface area contributed by atoms with Crippen LogP contribution in [-0.4, -0.2) is 11.6 Å². The number of anilines is 2. The Morgan fingerprint density at radius 3 is 2.55 bits per heavy atom. The van der Waals surface area contributed by atoms with E-state index in [1.165, 1.54) is 11.1 Å². The first-order valence-electron chi connectivity index (χ1n) is 6.94. The molecule has 0 amide bonds. The molecule has 3 N–H and O–H groups in total. The van der Waals surface area contributed by atoms with E-state index < -0.39 is 0 Å². The highest BCUT2D eigenvalue weighted by molar-refractivity contribution is 5.53. The predicted molar refractivity (Wildman–Crippen MR) is 83.0 cm³/mol. The summed E-state index contributed by atoms with van der Waals surface area (Å²) in [5.74, 6) is 1.26. The molecule has 0 unspecified atom stereocenters. The van der Waals surface area contributed by atoms with Crippen molar-refractivity contribution in [2.45, 2.75) is 26.8 Å². The van der Waals surface area contributed by atoms with E-state index in [9.17, 15) is 0 Å². The first-order chi connectivity index (χ1) is 9.74. The predicted octanol–water partition coefficient (Wildman–Crippen LogP) is 3.24. The highest BCUT2D eigenvalue weighted by Crippen LogP contribution is 2.21. The van der Waals surface area contributed by atoms with Crippen molar-refractivity contribution in [2.75, 3.05) is 17.7 Å². The minimum atomic E-state index is 0.487. The Bertz CT molecular complexity index is 569. The molecule has 106 valence electrons. The van der Waals surface area contributed by atoms with Gasteiger partial charge >= 0.3 is 0 Å². The topological polar surface area (TPSA) is 60.2 Å². The number of hydrogen-bond acceptors (Lipinski definition) is 4. The van der Waals surface area contributed by atoms with E-state index in [1.807, 2.05) is 19.1 Å². The molecule has 0 fully saturated rings. The van der Waals surface area contributed by atoms with Gasteiger partial charge in [0.15, 0.2) is 0 Å². The minimum absolute atomic E-state index is 0.487. The number of hydrogen-bond donors (Lipinski definition) is 2. The maximum Gasteiger partial charge on any atom is 0.239 e. The first-order valence-corrected chi connectivity index (χ1v) is 6.94. The number of nitrogen functional groups attached to an aromatic ring is 1. The number of aryl methyl sites for hydroxylation is 1. The quantitative estimate of drug-likeness (QED) is 0.846. The molecule has 0 aliphatic rings. The van der Waals surface area contributed by atoms with Gasteiger partial charge in [0.05, 0.1) is 12.3 Å². The van der Waals surface area contributed by atoms with Crippen LogP contribution < -0.4 is 15.8 Å². The summed E-state index contributed by atoms with van der Waals surface area (Å²) in [5.41, 5.74) is 9.01. The number of aromatic nitrogens is 1. The van der Waals surface area contributed by atoms with Gasteiger partial charge in [-0.05, 0) is 36.6 Å². The molecule has 4 nitrogen and oxygen atoms in total. The van der Waals surface area contributed by atoms with E-state index in [0.29, 0.717) is 18.2 Å². The van der Waals surface area contributed by atoms with Crippen LogP contribution in [0.5, 0.6) is 5.88 Å². The molecule has 0 saturated carbocycles. The molecule has 1 heterocycles. The minimum Gasteiger partial charge on any atom is -0.476 e. The van der Waals surface area contributed by atoms with Gasteiger partial charge in [0.25, 0.3) is 0 Å². The number of pyridine rings is 1. The van der Waals surface area contributed by atoms with Crippen LogP contribution >= 0.6 is 0 Å². The number of nitrogens with one attached hydrogen (secondary N) is 1. The second kappa shape index (κ2) is 6.80. The molecule has 0 aliphatic carbocycles. The number of ether oxygens (including phenoxy) is 1. The molecular formula is C16H21N3O. The van der Waals surface area contributed by atoms with Crippen LogP contribution in [0.3, 0.4) is 0 Å². The van der Waals surface area contributed by atoms with Crippen LogP contribution in [-0.2, 0) is 13.0 Å². The fraction of sp³-hybridized carbons (Fsp3) is 0.312. The van der Waals surface area contributed by atoms with E-state index in [4.69, 9.17) is 10.5 Å². The van der Waals surface area contributed by atoms with E-state index in [2.05, 4.69) is 41.5 Å². The molecule has 2 aromatic rings. The Morgan fingerprint density at radius 2 is 1.85 bits per heavy atom. The average molecular weight is 271 g/mol. The van der Waals surface area contributed by atoms with Crippen LogP contribution in [0.15, 0.2) is 36.4 Å². The highest BCUT2D eigenvalue weighted by Gasteiger charge is 2.04. The Kier molecular flexibility index (Phi) is 4.82. The van der Waals surface area contributed by atoms with E-state index in [-0.39, 0.29) is 0 Å². The summed E-state index contributed by atoms with van der Waals surface area (Å²) in [6, 6.07) is 12.1. The molecule has 1 aromatic heterocycles. The van der Waals surface area contributed by atoms with Crippen LogP contribution in [0.2, 0.25) is 0 Å². The van der Waals surface area contributed by atoms with Crippen LogP contribution in [0, 0.1) is 0 Å². The molecular weight excluding hydrogens is 250 g/mol. The summed E-state index contributed by atoms with van der Waals surface area (Å²) in [4.78, 5) is 4.37. The number of rotatable bonds is 6. The second-order valence-electron chi connectivity index (χ2n) is 4.50. The third-order valence-corrected chi connectivity index (χ3v) is 3.13. The number of nitrogens with two attached hydrogens (primary N) is 1. The Balaban J connectivity index is 2.09. The first kappa shape index (κ1) is 14.2. The van der Waals surface area contributed by atoms with Gasteiger partial charge in [0, 0.05) is 6.54 Å². The summed E-state index contributed by atoms with van der Waals surface area (Å²) in [7, 11) is 0. The summed E-state index contributed by atoms with van der Waals surface area (Å²) >= 11 is 0. The lowest BCUT2D eigenvalue weighted by atomic mass is 10.1. The number of nitrogens with zero attached hydrogens (tertiary/aromatic N) is 1. The lowest BCUT2D eigenvalue weighted by molar-refractivity contribution is 0.329. The molecule has 0 aliphatic heterocycles. The van der Waals surface area contributed by atoms with Gasteiger partial charge in [-0.1, -0.05) is 31.2 Å². The van der Waals surface area contributed by atoms with Gasteiger partial charge in [-0.3, -0.25) is 0 Å². The van der Waals surface area contributed by atoms with E-state index in [0.717, 1.165) is 18.8 Å². The van der Waals surface area contributed by atoms with Gasteiger partial charge in [-0.25, -0.2) is 0 Å². The summed E-state index contributed by atoms with van der Waals surface area (Å²) < 4.78 is 5.40. The van der Waals surface area contributed by atoms with Crippen molar-refractivity contribution >= 4 is 11.5 Å². The monoisotopic (exact) mass is 271 g/mol. The van der Waals surface area contributed by atoms with Gasteiger partial charge in [0.2, 0.25) is 5.88 Å². The summed E-state index contributed by atoms with van der Waals surface area (Å²) in [6.45, 7) is 5.37. The fourth-order valence-corrected chi connectivity index (χ4v) is 2.06. The Hall–Kier alpha value is -2.23. The van der Waals surface area contributed by atoms with Crippen molar-refractivity contribution in [1.29, 1.82) is 0 Å². The maximum atomic E-state index is 5.81. The zero-order valence-corrected chi connectivity index (χ0v) is 12.0. The zero-order valence-electron chi connectivity index (χ0n) is 12.0. The normalized spacial score (nSPS) is 10.3. The van der Waals surface area contributed by atoms with Crippen molar-refractivity contribution < 1.29 is 4.74 Å². The third kappa shape index (κ3) is 3.41. The Labute approximate surface area is 120 Å². The van der Waals surface area contributed by atoms with Crippen molar-refractivity contribution in [3.8, 4) is 5.88 Å². The third-order valence-electron chi connectivity index (χ3n) is 3.13. The largest absolute Gasteiger partial charge is 0.476 e. The molecule has 0 saturated heterocycles. The van der Waals surface area contributed by atoms with Gasteiger partial charge in [-0.2, -0.15) is 4.98 Å². The number of benzene rings is 1. The van der Waals surface area contributed by atoms with Crippen LogP contribution in [0.25, 0.3) is 0 Å². The summed E-state index contributed by atoms with van der Waals surface area (Å²) in [6.07, 6.45) is 1.03. The van der Waals surface area contributed by atoms with Gasteiger partial charge in [-0.15, -0.1) is 0 Å².